The summed E-state index contributed by atoms with van der Waals surface area (Å²) in [4.78, 5) is 0. The second-order valence-corrected chi connectivity index (χ2v) is 5.89. The summed E-state index contributed by atoms with van der Waals surface area (Å²) >= 11 is 0. The van der Waals surface area contributed by atoms with Gasteiger partial charge in [-0.2, -0.15) is 0 Å². The molecule has 0 radical (unpaired) electrons. The minimum atomic E-state index is 0.0834. The highest BCUT2D eigenvalue weighted by molar-refractivity contribution is 5.56. The molecule has 0 saturated carbocycles. The van der Waals surface area contributed by atoms with Gasteiger partial charge in [-0.15, -0.1) is 0 Å². The van der Waals surface area contributed by atoms with Crippen LogP contribution < -0.4 is 18.9 Å². The Morgan fingerprint density at radius 2 is 1.04 bits per heavy atom. The molecule has 0 fully saturated rings. The Morgan fingerprint density at radius 3 is 1.33 bits per heavy atom. The van der Waals surface area contributed by atoms with Gasteiger partial charge < -0.3 is 18.9 Å². The molecule has 0 N–H and O–H groups in total. The van der Waals surface area contributed by atoms with E-state index in [1.807, 2.05) is 24.3 Å². The van der Waals surface area contributed by atoms with Gasteiger partial charge >= 0.3 is 0 Å². The largest absolute Gasteiger partial charge is 0.493 e. The molecule has 0 unspecified atom stereocenters. The molecule has 0 saturated heterocycles. The van der Waals surface area contributed by atoms with Crippen LogP contribution in [0.4, 0.5) is 0 Å². The van der Waals surface area contributed by atoms with Crippen molar-refractivity contribution in [2.24, 2.45) is 5.92 Å². The van der Waals surface area contributed by atoms with E-state index in [0.717, 1.165) is 34.1 Å². The third-order valence-electron chi connectivity index (χ3n) is 4.20. The summed E-state index contributed by atoms with van der Waals surface area (Å²) in [5, 5.41) is 0. The van der Waals surface area contributed by atoms with Crippen LogP contribution in [0.15, 0.2) is 36.4 Å². The first-order valence-electron chi connectivity index (χ1n) is 8.00. The van der Waals surface area contributed by atoms with E-state index in [2.05, 4.69) is 26.0 Å². The highest BCUT2D eigenvalue weighted by Gasteiger charge is 2.27. The first-order valence-corrected chi connectivity index (χ1v) is 8.00. The average Bonchev–Trinajstić information content (AvgIpc) is 2.60. The average molecular weight is 330 g/mol. The maximum atomic E-state index is 5.65. The predicted molar refractivity (Wildman–Crippen MR) is 95.8 cm³/mol. The van der Waals surface area contributed by atoms with Gasteiger partial charge in [-0.25, -0.2) is 0 Å². The van der Waals surface area contributed by atoms with Gasteiger partial charge in [0.2, 0.25) is 0 Å². The molecule has 2 aromatic carbocycles. The molecule has 4 nitrogen and oxygen atoms in total. The second kappa shape index (κ2) is 7.95. The quantitative estimate of drug-likeness (QED) is 0.748. The minimum Gasteiger partial charge on any atom is -0.493 e. The van der Waals surface area contributed by atoms with Crippen LogP contribution in [0.5, 0.6) is 23.0 Å². The Labute approximate surface area is 144 Å². The van der Waals surface area contributed by atoms with Crippen LogP contribution in [0.1, 0.15) is 30.9 Å². The Bertz CT molecular complexity index is 624. The van der Waals surface area contributed by atoms with E-state index in [4.69, 9.17) is 18.9 Å². The van der Waals surface area contributed by atoms with E-state index < -0.39 is 0 Å². The van der Waals surface area contributed by atoms with Gasteiger partial charge in [-0.1, -0.05) is 38.1 Å². The smallest absolute Gasteiger partial charge is 0.164 e. The third-order valence-corrected chi connectivity index (χ3v) is 4.20. The third kappa shape index (κ3) is 3.28. The van der Waals surface area contributed by atoms with Gasteiger partial charge in [0.05, 0.1) is 28.4 Å². The van der Waals surface area contributed by atoms with Crippen LogP contribution in [0.25, 0.3) is 0 Å². The summed E-state index contributed by atoms with van der Waals surface area (Å²) in [5.41, 5.74) is 2.14. The van der Waals surface area contributed by atoms with Gasteiger partial charge in [0.1, 0.15) is 0 Å². The van der Waals surface area contributed by atoms with Crippen LogP contribution in [-0.4, -0.2) is 28.4 Å². The number of para-hydroxylation sites is 2. The Morgan fingerprint density at radius 1 is 0.625 bits per heavy atom. The summed E-state index contributed by atoms with van der Waals surface area (Å²) < 4.78 is 22.2. The number of ether oxygens (including phenoxy) is 4. The van der Waals surface area contributed by atoms with E-state index in [1.54, 1.807) is 28.4 Å². The van der Waals surface area contributed by atoms with Crippen LogP contribution in [0, 0.1) is 5.92 Å². The fraction of sp³-hybridized carbons (Fsp3) is 0.400. The first-order chi connectivity index (χ1) is 11.6. The summed E-state index contributed by atoms with van der Waals surface area (Å²) in [7, 11) is 6.64. The molecule has 0 bridgehead atoms. The molecular formula is C20H26O4. The molecule has 0 heterocycles. The molecule has 2 rings (SSSR count). The lowest BCUT2D eigenvalue weighted by Crippen LogP contribution is -2.12. The number of benzene rings is 2. The van der Waals surface area contributed by atoms with Crippen molar-refractivity contribution in [3.05, 3.63) is 47.5 Å². The molecule has 0 aliphatic carbocycles. The van der Waals surface area contributed by atoms with Gasteiger partial charge in [0.15, 0.2) is 23.0 Å². The van der Waals surface area contributed by atoms with Crippen LogP contribution in [0.2, 0.25) is 0 Å². The Balaban J connectivity index is 2.69. The van der Waals surface area contributed by atoms with Gasteiger partial charge in [-0.05, 0) is 18.1 Å². The molecule has 0 amide bonds. The zero-order valence-corrected chi connectivity index (χ0v) is 15.3. The molecule has 4 heteroatoms. The zero-order chi connectivity index (χ0) is 17.7. The topological polar surface area (TPSA) is 36.9 Å². The number of rotatable bonds is 7. The van der Waals surface area contributed by atoms with Crippen LogP contribution in [0.3, 0.4) is 0 Å². The SMILES string of the molecule is COc1cccc(C(c2cccc(OC)c2OC)C(C)C)c1OC. The number of methoxy groups -OCH3 is 4. The van der Waals surface area contributed by atoms with Crippen molar-refractivity contribution in [1.29, 1.82) is 0 Å². The lowest BCUT2D eigenvalue weighted by Gasteiger charge is -2.27. The molecule has 2 aromatic rings. The van der Waals surface area contributed by atoms with Crippen LogP contribution >= 0.6 is 0 Å². The Hall–Kier alpha value is -2.36. The minimum absolute atomic E-state index is 0.0834. The highest BCUT2D eigenvalue weighted by Crippen LogP contribution is 2.46. The first kappa shape index (κ1) is 18.0. The lowest BCUT2D eigenvalue weighted by atomic mass is 9.81. The maximum Gasteiger partial charge on any atom is 0.164 e. The fourth-order valence-corrected chi connectivity index (χ4v) is 3.20. The summed E-state index contributed by atoms with van der Waals surface area (Å²) in [6.45, 7) is 4.37. The fourth-order valence-electron chi connectivity index (χ4n) is 3.20. The molecular weight excluding hydrogens is 304 g/mol. The Kier molecular flexibility index (Phi) is 5.96. The maximum absolute atomic E-state index is 5.65. The van der Waals surface area contributed by atoms with Gasteiger partial charge in [-0.3, -0.25) is 0 Å². The number of hydrogen-bond donors (Lipinski definition) is 0. The molecule has 130 valence electrons. The number of hydrogen-bond acceptors (Lipinski definition) is 4. The van der Waals surface area contributed by atoms with Crippen molar-refractivity contribution in [1.82, 2.24) is 0 Å². The van der Waals surface area contributed by atoms with E-state index >= 15 is 0 Å². The summed E-state index contributed by atoms with van der Waals surface area (Å²) in [5.74, 6) is 3.37. The van der Waals surface area contributed by atoms with E-state index in [0.29, 0.717) is 5.92 Å². The normalized spacial score (nSPS) is 10.8. The van der Waals surface area contributed by atoms with Crippen molar-refractivity contribution in [2.75, 3.05) is 28.4 Å². The molecule has 0 aromatic heterocycles. The van der Waals surface area contributed by atoms with Crippen molar-refractivity contribution in [3.63, 3.8) is 0 Å². The molecule has 24 heavy (non-hydrogen) atoms. The molecule has 0 spiro atoms. The van der Waals surface area contributed by atoms with Crippen molar-refractivity contribution in [3.8, 4) is 23.0 Å². The van der Waals surface area contributed by atoms with Crippen molar-refractivity contribution in [2.45, 2.75) is 19.8 Å². The summed E-state index contributed by atoms with van der Waals surface area (Å²) in [6.07, 6.45) is 0. The van der Waals surface area contributed by atoms with Crippen molar-refractivity contribution >= 4 is 0 Å². The van der Waals surface area contributed by atoms with Crippen molar-refractivity contribution < 1.29 is 18.9 Å². The lowest BCUT2D eigenvalue weighted by molar-refractivity contribution is 0.340. The molecule has 0 aliphatic heterocycles. The standard InChI is InChI=1S/C20H26O4/c1-13(2)18(14-9-7-11-16(21-3)19(14)23-5)15-10-8-12-17(22-4)20(15)24-6/h7-13,18H,1-6H3. The zero-order valence-electron chi connectivity index (χ0n) is 15.3. The predicted octanol–water partition coefficient (Wildman–Crippen LogP) is 4.51. The monoisotopic (exact) mass is 330 g/mol. The molecule has 0 atom stereocenters. The van der Waals surface area contributed by atoms with Crippen LogP contribution in [-0.2, 0) is 0 Å². The van der Waals surface area contributed by atoms with Gasteiger partial charge in [0, 0.05) is 17.0 Å². The van der Waals surface area contributed by atoms with Gasteiger partial charge in [0.25, 0.3) is 0 Å². The van der Waals surface area contributed by atoms with E-state index in [-0.39, 0.29) is 5.92 Å². The molecule has 0 aliphatic rings. The second-order valence-electron chi connectivity index (χ2n) is 5.89. The highest BCUT2D eigenvalue weighted by atomic mass is 16.5. The van der Waals surface area contributed by atoms with E-state index in [1.165, 1.54) is 0 Å². The summed E-state index contributed by atoms with van der Waals surface area (Å²) in [6, 6.07) is 11.9. The van der Waals surface area contributed by atoms with E-state index in [9.17, 15) is 0 Å².